The predicted molar refractivity (Wildman–Crippen MR) is 108 cm³/mol. The molecule has 0 saturated heterocycles. The zero-order valence-electron chi connectivity index (χ0n) is 13.6. The van der Waals surface area contributed by atoms with Gasteiger partial charge in [-0.2, -0.15) is 0 Å². The van der Waals surface area contributed by atoms with Crippen molar-refractivity contribution in [2.24, 2.45) is 4.99 Å². The van der Waals surface area contributed by atoms with Gasteiger partial charge in [0.2, 0.25) is 5.91 Å². The van der Waals surface area contributed by atoms with Gasteiger partial charge in [-0.1, -0.05) is 25.3 Å². The topological polar surface area (TPSA) is 65.5 Å². The summed E-state index contributed by atoms with van der Waals surface area (Å²) in [6.45, 7) is 1.36. The summed E-state index contributed by atoms with van der Waals surface area (Å²) in [5.41, 5.74) is 0. The lowest BCUT2D eigenvalue weighted by atomic mass is 9.95. The molecule has 0 unspecified atom stereocenters. The Morgan fingerprint density at radius 2 is 2.09 bits per heavy atom. The Morgan fingerprint density at radius 1 is 1.30 bits per heavy atom. The number of hydrogen-bond acceptors (Lipinski definition) is 3. The van der Waals surface area contributed by atoms with Crippen LogP contribution in [-0.2, 0) is 11.3 Å². The third-order valence-electron chi connectivity index (χ3n) is 3.85. The normalized spacial score (nSPS) is 15.6. The number of guanidine groups is 1. The molecule has 3 N–H and O–H groups in total. The SMILES string of the molecule is CN=C(NCCC(=O)NC1CCCCC1)NCc1cccs1.I. The fourth-order valence-corrected chi connectivity index (χ4v) is 3.29. The van der Waals surface area contributed by atoms with Crippen molar-refractivity contribution in [2.45, 2.75) is 51.1 Å². The standard InChI is InChI=1S/C16H26N4OS.HI/c1-17-16(19-12-14-8-5-11-22-14)18-10-9-15(21)20-13-6-3-2-4-7-13;/h5,8,11,13H,2-4,6-7,9-10,12H2,1H3,(H,20,21)(H2,17,18,19);1H. The fourth-order valence-electron chi connectivity index (χ4n) is 2.65. The Balaban J connectivity index is 0.00000264. The number of hydrogen-bond donors (Lipinski definition) is 3. The molecule has 7 heteroatoms. The highest BCUT2D eigenvalue weighted by molar-refractivity contribution is 14.0. The second-order valence-electron chi connectivity index (χ2n) is 5.58. The first kappa shape index (κ1) is 20.2. The lowest BCUT2D eigenvalue weighted by Gasteiger charge is -2.22. The lowest BCUT2D eigenvalue weighted by molar-refractivity contribution is -0.121. The third kappa shape index (κ3) is 8.01. The van der Waals surface area contributed by atoms with Gasteiger partial charge in [-0.25, -0.2) is 0 Å². The molecule has 2 rings (SSSR count). The van der Waals surface area contributed by atoms with Crippen molar-refractivity contribution in [3.8, 4) is 0 Å². The maximum atomic E-state index is 11.9. The summed E-state index contributed by atoms with van der Waals surface area (Å²) < 4.78 is 0. The highest BCUT2D eigenvalue weighted by Gasteiger charge is 2.15. The van der Waals surface area contributed by atoms with E-state index in [4.69, 9.17) is 0 Å². The van der Waals surface area contributed by atoms with Crippen molar-refractivity contribution in [3.63, 3.8) is 0 Å². The van der Waals surface area contributed by atoms with E-state index in [9.17, 15) is 4.79 Å². The molecule has 1 aliphatic carbocycles. The van der Waals surface area contributed by atoms with Crippen LogP contribution in [0.25, 0.3) is 0 Å². The third-order valence-corrected chi connectivity index (χ3v) is 4.72. The van der Waals surface area contributed by atoms with Crippen molar-refractivity contribution in [2.75, 3.05) is 13.6 Å². The Hall–Kier alpha value is -0.830. The van der Waals surface area contributed by atoms with E-state index >= 15 is 0 Å². The molecule has 1 aromatic rings. The molecule has 0 aliphatic heterocycles. The molecular formula is C16H27IN4OS. The summed E-state index contributed by atoms with van der Waals surface area (Å²) in [7, 11) is 1.74. The first-order valence-corrected chi connectivity index (χ1v) is 8.92. The average molecular weight is 450 g/mol. The van der Waals surface area contributed by atoms with Gasteiger partial charge in [-0.3, -0.25) is 9.79 Å². The van der Waals surface area contributed by atoms with Gasteiger partial charge >= 0.3 is 0 Å². The minimum absolute atomic E-state index is 0. The monoisotopic (exact) mass is 450 g/mol. The molecule has 5 nitrogen and oxygen atoms in total. The minimum atomic E-state index is 0. The van der Waals surface area contributed by atoms with Crippen LogP contribution in [0.5, 0.6) is 0 Å². The van der Waals surface area contributed by atoms with E-state index in [1.54, 1.807) is 18.4 Å². The summed E-state index contributed by atoms with van der Waals surface area (Å²) >= 11 is 1.71. The zero-order valence-corrected chi connectivity index (χ0v) is 16.8. The van der Waals surface area contributed by atoms with Gasteiger partial charge in [-0.05, 0) is 24.3 Å². The van der Waals surface area contributed by atoms with Gasteiger partial charge in [0.05, 0.1) is 6.54 Å². The molecule has 0 radical (unpaired) electrons. The first-order chi connectivity index (χ1) is 10.8. The van der Waals surface area contributed by atoms with E-state index in [0.29, 0.717) is 19.0 Å². The fraction of sp³-hybridized carbons (Fsp3) is 0.625. The van der Waals surface area contributed by atoms with Crippen LogP contribution >= 0.6 is 35.3 Å². The molecule has 1 fully saturated rings. The van der Waals surface area contributed by atoms with Crippen LogP contribution in [0, 0.1) is 0 Å². The Kier molecular flexibility index (Phi) is 10.3. The molecule has 130 valence electrons. The highest BCUT2D eigenvalue weighted by atomic mass is 127. The molecule has 0 aromatic carbocycles. The number of nitrogens with one attached hydrogen (secondary N) is 3. The maximum absolute atomic E-state index is 11.9. The van der Waals surface area contributed by atoms with E-state index in [0.717, 1.165) is 25.3 Å². The highest BCUT2D eigenvalue weighted by Crippen LogP contribution is 2.17. The Bertz CT molecular complexity index is 472. The van der Waals surface area contributed by atoms with Crippen LogP contribution < -0.4 is 16.0 Å². The predicted octanol–water partition coefficient (Wildman–Crippen LogP) is 2.87. The Labute approximate surface area is 159 Å². The largest absolute Gasteiger partial charge is 0.356 e. The van der Waals surface area contributed by atoms with Crippen molar-refractivity contribution >= 4 is 47.2 Å². The van der Waals surface area contributed by atoms with E-state index in [2.05, 4.69) is 32.4 Å². The van der Waals surface area contributed by atoms with Gasteiger partial charge in [0.15, 0.2) is 5.96 Å². The average Bonchev–Trinajstić information content (AvgIpc) is 3.05. The summed E-state index contributed by atoms with van der Waals surface area (Å²) in [5, 5.41) is 11.6. The van der Waals surface area contributed by atoms with Crippen LogP contribution in [0.4, 0.5) is 0 Å². The van der Waals surface area contributed by atoms with Gasteiger partial charge in [-0.15, -0.1) is 35.3 Å². The number of aliphatic imine (C=N–C) groups is 1. The van der Waals surface area contributed by atoms with Gasteiger partial charge < -0.3 is 16.0 Å². The van der Waals surface area contributed by atoms with Gasteiger partial charge in [0, 0.05) is 30.9 Å². The summed E-state index contributed by atoms with van der Waals surface area (Å²) in [4.78, 5) is 17.3. The van der Waals surface area contributed by atoms with Crippen LogP contribution in [0.3, 0.4) is 0 Å². The molecule has 1 aliphatic rings. The lowest BCUT2D eigenvalue weighted by Crippen LogP contribution is -2.41. The molecule has 1 saturated carbocycles. The second-order valence-corrected chi connectivity index (χ2v) is 6.62. The van der Waals surface area contributed by atoms with E-state index in [1.807, 2.05) is 6.07 Å². The minimum Gasteiger partial charge on any atom is -0.356 e. The number of nitrogens with zero attached hydrogens (tertiary/aromatic N) is 1. The van der Waals surface area contributed by atoms with E-state index in [1.165, 1.54) is 24.1 Å². The van der Waals surface area contributed by atoms with Crippen molar-refractivity contribution in [3.05, 3.63) is 22.4 Å². The zero-order chi connectivity index (χ0) is 15.6. The van der Waals surface area contributed by atoms with Crippen molar-refractivity contribution in [1.29, 1.82) is 0 Å². The first-order valence-electron chi connectivity index (χ1n) is 8.04. The Morgan fingerprint density at radius 3 is 2.74 bits per heavy atom. The van der Waals surface area contributed by atoms with Crippen molar-refractivity contribution in [1.82, 2.24) is 16.0 Å². The number of carbonyl (C=O) groups is 1. The van der Waals surface area contributed by atoms with Crippen molar-refractivity contribution < 1.29 is 4.79 Å². The molecule has 0 bridgehead atoms. The molecule has 0 atom stereocenters. The van der Waals surface area contributed by atoms with Gasteiger partial charge in [0.1, 0.15) is 0 Å². The van der Waals surface area contributed by atoms with Crippen LogP contribution in [-0.4, -0.2) is 31.5 Å². The van der Waals surface area contributed by atoms with E-state index in [-0.39, 0.29) is 29.9 Å². The quantitative estimate of drug-likeness (QED) is 0.355. The second kappa shape index (κ2) is 11.7. The summed E-state index contributed by atoms with van der Waals surface area (Å²) in [6, 6.07) is 4.51. The molecule has 0 spiro atoms. The maximum Gasteiger partial charge on any atom is 0.221 e. The number of halogens is 1. The summed E-state index contributed by atoms with van der Waals surface area (Å²) in [6.07, 6.45) is 6.52. The number of rotatable bonds is 6. The smallest absolute Gasteiger partial charge is 0.221 e. The molecule has 23 heavy (non-hydrogen) atoms. The molecule has 1 amide bonds. The number of thiophene rings is 1. The van der Waals surface area contributed by atoms with E-state index < -0.39 is 0 Å². The number of carbonyl (C=O) groups excluding carboxylic acids is 1. The molecule has 1 heterocycles. The van der Waals surface area contributed by atoms with Crippen LogP contribution in [0.2, 0.25) is 0 Å². The molecule has 1 aromatic heterocycles. The number of amides is 1. The van der Waals surface area contributed by atoms with Crippen LogP contribution in [0.1, 0.15) is 43.4 Å². The summed E-state index contributed by atoms with van der Waals surface area (Å²) in [5.74, 6) is 0.868. The van der Waals surface area contributed by atoms with Gasteiger partial charge in [0.25, 0.3) is 0 Å². The molecular weight excluding hydrogens is 423 g/mol. The van der Waals surface area contributed by atoms with Crippen LogP contribution in [0.15, 0.2) is 22.5 Å².